The zero-order chi connectivity index (χ0) is 22.2. The number of amides is 3. The quantitative estimate of drug-likeness (QED) is 0.742. The van der Waals surface area contributed by atoms with Gasteiger partial charge in [-0.15, -0.1) is 0 Å². The number of carbonyl (C=O) groups is 3. The highest BCUT2D eigenvalue weighted by molar-refractivity contribution is 6.30. The first-order chi connectivity index (χ1) is 14.8. The fourth-order valence-electron chi connectivity index (χ4n) is 4.39. The molecule has 1 fully saturated rings. The molecule has 8 nitrogen and oxygen atoms in total. The van der Waals surface area contributed by atoms with Gasteiger partial charge >= 0.3 is 0 Å². The Morgan fingerprint density at radius 2 is 1.90 bits per heavy atom. The lowest BCUT2D eigenvalue weighted by Gasteiger charge is -2.43. The number of nitrogens with one attached hydrogen (secondary N) is 2. The Balaban J connectivity index is 1.57. The highest BCUT2D eigenvalue weighted by atomic mass is 35.5. The van der Waals surface area contributed by atoms with Crippen LogP contribution in [0.25, 0.3) is 0 Å². The SMILES string of the molecule is CCN1C(=O)c2cc(C(=O)Nc3ccc(Cl)cc3)nn2C[C@@]1(C)C(=O)NC1CCCC1. The van der Waals surface area contributed by atoms with Crippen LogP contribution in [0.2, 0.25) is 5.02 Å². The van der Waals surface area contributed by atoms with Crippen molar-refractivity contribution < 1.29 is 14.4 Å². The minimum Gasteiger partial charge on any atom is -0.351 e. The van der Waals surface area contributed by atoms with E-state index < -0.39 is 11.4 Å². The fraction of sp³-hybridized carbons (Fsp3) is 0.455. The summed E-state index contributed by atoms with van der Waals surface area (Å²) >= 11 is 5.88. The van der Waals surface area contributed by atoms with Gasteiger partial charge in [0.25, 0.3) is 11.8 Å². The number of halogens is 1. The number of hydrogen-bond acceptors (Lipinski definition) is 4. The normalized spacial score (nSPS) is 21.1. The Hall–Kier alpha value is -2.87. The predicted octanol–water partition coefficient (Wildman–Crippen LogP) is 3.08. The highest BCUT2D eigenvalue weighted by Crippen LogP contribution is 2.29. The zero-order valence-corrected chi connectivity index (χ0v) is 18.4. The Morgan fingerprint density at radius 1 is 1.23 bits per heavy atom. The lowest BCUT2D eigenvalue weighted by Crippen LogP contribution is -2.64. The smallest absolute Gasteiger partial charge is 0.276 e. The van der Waals surface area contributed by atoms with E-state index in [1.807, 2.05) is 6.92 Å². The van der Waals surface area contributed by atoms with Crippen LogP contribution >= 0.6 is 11.6 Å². The highest BCUT2D eigenvalue weighted by Gasteiger charge is 2.48. The van der Waals surface area contributed by atoms with Crippen molar-refractivity contribution in [1.82, 2.24) is 20.0 Å². The van der Waals surface area contributed by atoms with E-state index in [2.05, 4.69) is 15.7 Å². The third-order valence-electron chi connectivity index (χ3n) is 6.13. The molecular formula is C22H26ClN5O3. The van der Waals surface area contributed by atoms with Crippen LogP contribution in [0.4, 0.5) is 5.69 Å². The van der Waals surface area contributed by atoms with Crippen molar-refractivity contribution >= 4 is 35.0 Å². The molecule has 1 saturated carbocycles. The molecule has 164 valence electrons. The molecule has 9 heteroatoms. The van der Waals surface area contributed by atoms with E-state index in [9.17, 15) is 14.4 Å². The van der Waals surface area contributed by atoms with Crippen molar-refractivity contribution in [3.8, 4) is 0 Å². The number of aromatic nitrogens is 2. The van der Waals surface area contributed by atoms with Crippen LogP contribution in [0.5, 0.6) is 0 Å². The molecule has 3 amide bonds. The van der Waals surface area contributed by atoms with Gasteiger partial charge in [-0.05, 0) is 51.0 Å². The fourth-order valence-corrected chi connectivity index (χ4v) is 4.51. The van der Waals surface area contributed by atoms with Crippen molar-refractivity contribution in [3.63, 3.8) is 0 Å². The number of benzene rings is 1. The van der Waals surface area contributed by atoms with Gasteiger partial charge in [0.1, 0.15) is 11.2 Å². The Morgan fingerprint density at radius 3 is 2.55 bits per heavy atom. The van der Waals surface area contributed by atoms with Crippen LogP contribution in [0.3, 0.4) is 0 Å². The Labute approximate surface area is 185 Å². The number of carbonyl (C=O) groups excluding carboxylic acids is 3. The van der Waals surface area contributed by atoms with Gasteiger partial charge in [0.05, 0.1) is 6.54 Å². The number of likely N-dealkylation sites (N-methyl/N-ethyl adjacent to an activating group) is 1. The minimum atomic E-state index is -1.07. The summed E-state index contributed by atoms with van der Waals surface area (Å²) in [6, 6.07) is 8.34. The number of hydrogen-bond donors (Lipinski definition) is 2. The van der Waals surface area contributed by atoms with Crippen LogP contribution in [0, 0.1) is 0 Å². The van der Waals surface area contributed by atoms with Crippen molar-refractivity contribution in [1.29, 1.82) is 0 Å². The molecule has 2 heterocycles. The Kier molecular flexibility index (Phi) is 5.75. The maximum atomic E-state index is 13.2. The molecule has 0 unspecified atom stereocenters. The maximum absolute atomic E-state index is 13.2. The van der Waals surface area contributed by atoms with E-state index in [4.69, 9.17) is 11.6 Å². The lowest BCUT2D eigenvalue weighted by atomic mass is 9.94. The van der Waals surface area contributed by atoms with E-state index in [1.165, 1.54) is 10.7 Å². The van der Waals surface area contributed by atoms with E-state index in [1.54, 1.807) is 36.1 Å². The van der Waals surface area contributed by atoms with Crippen molar-refractivity contribution in [2.24, 2.45) is 0 Å². The summed E-state index contributed by atoms with van der Waals surface area (Å²) in [7, 11) is 0. The third kappa shape index (κ3) is 4.04. The first kappa shape index (κ1) is 21.4. The third-order valence-corrected chi connectivity index (χ3v) is 6.38. The molecule has 1 aliphatic heterocycles. The van der Waals surface area contributed by atoms with Crippen molar-refractivity contribution in [3.05, 3.63) is 46.7 Å². The van der Waals surface area contributed by atoms with Gasteiger partial charge in [-0.25, -0.2) is 0 Å². The largest absolute Gasteiger partial charge is 0.351 e. The monoisotopic (exact) mass is 443 g/mol. The molecule has 0 saturated heterocycles. The number of fused-ring (bicyclic) bond motifs is 1. The predicted molar refractivity (Wildman–Crippen MR) is 117 cm³/mol. The molecule has 1 atom stereocenters. The van der Waals surface area contributed by atoms with Crippen LogP contribution in [0.15, 0.2) is 30.3 Å². The molecule has 0 radical (unpaired) electrons. The summed E-state index contributed by atoms with van der Waals surface area (Å²) in [6.07, 6.45) is 4.13. The molecule has 0 bridgehead atoms. The summed E-state index contributed by atoms with van der Waals surface area (Å²) in [5.74, 6) is -0.920. The topological polar surface area (TPSA) is 96.3 Å². The molecule has 1 aliphatic carbocycles. The average molecular weight is 444 g/mol. The van der Waals surface area contributed by atoms with E-state index >= 15 is 0 Å². The van der Waals surface area contributed by atoms with Crippen molar-refractivity contribution in [2.75, 3.05) is 11.9 Å². The molecule has 2 aliphatic rings. The first-order valence-electron chi connectivity index (χ1n) is 10.6. The minimum absolute atomic E-state index is 0.120. The second kappa shape index (κ2) is 8.34. The first-order valence-corrected chi connectivity index (χ1v) is 11.0. The van der Waals surface area contributed by atoms with Crippen molar-refractivity contribution in [2.45, 2.75) is 57.7 Å². The van der Waals surface area contributed by atoms with E-state index in [0.29, 0.717) is 22.9 Å². The second-order valence-corrected chi connectivity index (χ2v) is 8.75. The van der Waals surface area contributed by atoms with Gasteiger partial charge in [0, 0.05) is 29.4 Å². The van der Waals surface area contributed by atoms with Gasteiger partial charge in [-0.2, -0.15) is 5.10 Å². The van der Waals surface area contributed by atoms with Gasteiger partial charge < -0.3 is 15.5 Å². The molecule has 0 spiro atoms. The average Bonchev–Trinajstić information content (AvgIpc) is 3.40. The summed E-state index contributed by atoms with van der Waals surface area (Å²) in [5.41, 5.74) is -0.0797. The summed E-state index contributed by atoms with van der Waals surface area (Å²) in [4.78, 5) is 40.6. The molecule has 1 aromatic heterocycles. The van der Waals surface area contributed by atoms with Crippen LogP contribution in [-0.2, 0) is 11.3 Å². The van der Waals surface area contributed by atoms with Crippen LogP contribution < -0.4 is 10.6 Å². The zero-order valence-electron chi connectivity index (χ0n) is 17.7. The number of anilines is 1. The summed E-state index contributed by atoms with van der Waals surface area (Å²) < 4.78 is 1.47. The van der Waals surface area contributed by atoms with Gasteiger partial charge in [-0.3, -0.25) is 19.1 Å². The number of nitrogens with zero attached hydrogens (tertiary/aromatic N) is 3. The van der Waals surface area contributed by atoms with Crippen LogP contribution in [0.1, 0.15) is 60.5 Å². The lowest BCUT2D eigenvalue weighted by molar-refractivity contribution is -0.133. The van der Waals surface area contributed by atoms with E-state index in [0.717, 1.165) is 25.7 Å². The summed E-state index contributed by atoms with van der Waals surface area (Å²) in [5, 5.41) is 10.8. The second-order valence-electron chi connectivity index (χ2n) is 8.31. The van der Waals surface area contributed by atoms with Gasteiger partial charge in [0.15, 0.2) is 5.69 Å². The molecule has 1 aromatic carbocycles. The van der Waals surface area contributed by atoms with Gasteiger partial charge in [-0.1, -0.05) is 24.4 Å². The summed E-state index contributed by atoms with van der Waals surface area (Å²) in [6.45, 7) is 4.18. The maximum Gasteiger partial charge on any atom is 0.276 e. The van der Waals surface area contributed by atoms with E-state index in [-0.39, 0.29) is 30.1 Å². The molecular weight excluding hydrogens is 418 g/mol. The van der Waals surface area contributed by atoms with Gasteiger partial charge in [0.2, 0.25) is 5.91 Å². The number of rotatable bonds is 5. The molecule has 2 N–H and O–H groups in total. The molecule has 2 aromatic rings. The molecule has 4 rings (SSSR count). The standard InChI is InChI=1S/C22H26ClN5O3/c1-3-27-20(30)18-12-17(19(29)24-16-10-8-14(23)9-11-16)26-28(18)13-22(27,2)21(31)25-15-6-4-5-7-15/h8-12,15H,3-7,13H2,1-2H3,(H,24,29)(H,25,31)/t22-/m0/s1. The van der Waals surface area contributed by atoms with Crippen LogP contribution in [-0.4, -0.2) is 50.5 Å². The Bertz CT molecular complexity index is 1010. The molecule has 31 heavy (non-hydrogen) atoms.